The van der Waals surface area contributed by atoms with Crippen molar-refractivity contribution in [2.75, 3.05) is 0 Å². The number of ether oxygens (including phenoxy) is 1. The van der Waals surface area contributed by atoms with Gasteiger partial charge < -0.3 is 9.84 Å². The molecule has 18 heavy (non-hydrogen) atoms. The zero-order valence-corrected chi connectivity index (χ0v) is 12.4. The zero-order chi connectivity index (χ0) is 13.4. The van der Waals surface area contributed by atoms with Crippen LogP contribution in [0.5, 0.6) is 0 Å². The van der Waals surface area contributed by atoms with Gasteiger partial charge in [-0.3, -0.25) is 0 Å². The lowest BCUT2D eigenvalue weighted by atomic mass is 10.0. The van der Waals surface area contributed by atoms with E-state index in [9.17, 15) is 0 Å². The van der Waals surface area contributed by atoms with Crippen molar-refractivity contribution in [3.8, 4) is 0 Å². The fraction of sp³-hybridized carbons (Fsp3) is 0.600. The van der Waals surface area contributed by atoms with E-state index >= 15 is 0 Å². The topological polar surface area (TPSA) is 29.5 Å². The molecule has 2 nitrogen and oxygen atoms in total. The highest BCUT2D eigenvalue weighted by Gasteiger charge is 2.46. The number of benzene rings is 1. The summed E-state index contributed by atoms with van der Waals surface area (Å²) in [7, 11) is 0. The molecule has 1 unspecified atom stereocenters. The van der Waals surface area contributed by atoms with E-state index in [1.165, 1.54) is 4.90 Å². The number of rotatable bonds is 3. The second kappa shape index (κ2) is 4.87. The van der Waals surface area contributed by atoms with Gasteiger partial charge in [0.05, 0.1) is 17.8 Å². The van der Waals surface area contributed by atoms with Crippen LogP contribution in [0.4, 0.5) is 0 Å². The third-order valence-electron chi connectivity index (χ3n) is 3.38. The molecule has 1 fully saturated rings. The Morgan fingerprint density at radius 2 is 1.83 bits per heavy atom. The Kier molecular flexibility index (Phi) is 3.77. The Hall–Kier alpha value is -0.510. The van der Waals surface area contributed by atoms with Crippen molar-refractivity contribution in [2.45, 2.75) is 62.1 Å². The molecule has 2 rings (SSSR count). The second-order valence-corrected chi connectivity index (χ2v) is 7.35. The van der Waals surface area contributed by atoms with E-state index in [1.54, 1.807) is 0 Å². The normalized spacial score (nSPS) is 25.3. The Morgan fingerprint density at radius 3 is 2.28 bits per heavy atom. The molecule has 1 aliphatic heterocycles. The van der Waals surface area contributed by atoms with Gasteiger partial charge in [0.25, 0.3) is 0 Å². The fourth-order valence-electron chi connectivity index (χ4n) is 2.53. The molecule has 0 amide bonds. The summed E-state index contributed by atoms with van der Waals surface area (Å²) in [5, 5.41) is 9.50. The molecule has 1 aromatic carbocycles. The summed E-state index contributed by atoms with van der Waals surface area (Å²) in [4.78, 5) is 1.24. The second-order valence-electron chi connectivity index (χ2n) is 6.08. The standard InChI is InChI=1S/C15H22O2S/c1-14(2)9-13(15(3,4)17-14)18-12-7-5-11(10-16)6-8-12/h5-8,13,16H,9-10H2,1-4H3. The molecule has 100 valence electrons. The summed E-state index contributed by atoms with van der Waals surface area (Å²) in [6.45, 7) is 8.76. The molecule has 1 aromatic rings. The Morgan fingerprint density at radius 1 is 1.22 bits per heavy atom. The minimum atomic E-state index is -0.0934. The largest absolute Gasteiger partial charge is 0.392 e. The first-order chi connectivity index (χ1) is 8.32. The lowest BCUT2D eigenvalue weighted by molar-refractivity contribution is -0.0631. The monoisotopic (exact) mass is 266 g/mol. The third kappa shape index (κ3) is 3.08. The van der Waals surface area contributed by atoms with E-state index in [1.807, 2.05) is 23.9 Å². The summed E-state index contributed by atoms with van der Waals surface area (Å²) in [6, 6.07) is 8.13. The van der Waals surface area contributed by atoms with Crippen LogP contribution < -0.4 is 0 Å². The summed E-state index contributed by atoms with van der Waals surface area (Å²) in [6.07, 6.45) is 1.06. The van der Waals surface area contributed by atoms with Crippen LogP contribution in [0.1, 0.15) is 39.7 Å². The highest BCUT2D eigenvalue weighted by molar-refractivity contribution is 8.00. The number of aliphatic hydroxyl groups excluding tert-OH is 1. The van der Waals surface area contributed by atoms with E-state index < -0.39 is 0 Å². The summed E-state index contributed by atoms with van der Waals surface area (Å²) in [5.74, 6) is 0. The smallest absolute Gasteiger partial charge is 0.0756 e. The van der Waals surface area contributed by atoms with Crippen LogP contribution in [-0.4, -0.2) is 21.6 Å². The summed E-state index contributed by atoms with van der Waals surface area (Å²) in [5.41, 5.74) is 0.831. The highest BCUT2D eigenvalue weighted by Crippen LogP contribution is 2.45. The highest BCUT2D eigenvalue weighted by atomic mass is 32.2. The van der Waals surface area contributed by atoms with Crippen molar-refractivity contribution in [1.29, 1.82) is 0 Å². The molecule has 1 aliphatic rings. The van der Waals surface area contributed by atoms with Gasteiger partial charge in [-0.1, -0.05) is 12.1 Å². The molecule has 0 spiro atoms. The maximum Gasteiger partial charge on any atom is 0.0756 e. The maximum atomic E-state index is 9.04. The predicted molar refractivity (Wildman–Crippen MR) is 75.9 cm³/mol. The van der Waals surface area contributed by atoms with Crippen molar-refractivity contribution in [3.63, 3.8) is 0 Å². The number of thioether (sulfide) groups is 1. The van der Waals surface area contributed by atoms with Gasteiger partial charge in [0.15, 0.2) is 0 Å². The molecular formula is C15H22O2S. The van der Waals surface area contributed by atoms with Gasteiger partial charge in [0.1, 0.15) is 0 Å². The van der Waals surface area contributed by atoms with E-state index in [-0.39, 0.29) is 17.8 Å². The van der Waals surface area contributed by atoms with Gasteiger partial charge in [-0.15, -0.1) is 11.8 Å². The first-order valence-corrected chi connectivity index (χ1v) is 7.27. The minimum Gasteiger partial charge on any atom is -0.392 e. The Balaban J connectivity index is 2.09. The average Bonchev–Trinajstić information content (AvgIpc) is 2.48. The summed E-state index contributed by atoms with van der Waals surface area (Å²) < 4.78 is 6.11. The van der Waals surface area contributed by atoms with Crippen molar-refractivity contribution in [3.05, 3.63) is 29.8 Å². The Labute approximate surface area is 114 Å². The van der Waals surface area contributed by atoms with Gasteiger partial charge in [-0.25, -0.2) is 0 Å². The predicted octanol–water partition coefficient (Wildman–Crippen LogP) is 3.62. The van der Waals surface area contributed by atoms with E-state index in [2.05, 4.69) is 39.8 Å². The van der Waals surface area contributed by atoms with Crippen LogP contribution in [0, 0.1) is 0 Å². The Bertz CT molecular complexity index is 409. The zero-order valence-electron chi connectivity index (χ0n) is 11.6. The van der Waals surface area contributed by atoms with Crippen molar-refractivity contribution in [2.24, 2.45) is 0 Å². The van der Waals surface area contributed by atoms with Crippen molar-refractivity contribution < 1.29 is 9.84 Å². The molecule has 1 atom stereocenters. The average molecular weight is 266 g/mol. The van der Waals surface area contributed by atoms with Gasteiger partial charge >= 0.3 is 0 Å². The lowest BCUT2D eigenvalue weighted by Gasteiger charge is -2.27. The molecule has 0 radical (unpaired) electrons. The number of aliphatic hydroxyl groups is 1. The van der Waals surface area contributed by atoms with Gasteiger partial charge in [-0.2, -0.15) is 0 Å². The van der Waals surface area contributed by atoms with E-state index in [0.717, 1.165) is 12.0 Å². The van der Waals surface area contributed by atoms with Crippen LogP contribution in [0.15, 0.2) is 29.2 Å². The molecule has 0 aromatic heterocycles. The van der Waals surface area contributed by atoms with Crippen molar-refractivity contribution >= 4 is 11.8 Å². The van der Waals surface area contributed by atoms with Crippen LogP contribution in [0.3, 0.4) is 0 Å². The molecular weight excluding hydrogens is 244 g/mol. The lowest BCUT2D eigenvalue weighted by Crippen LogP contribution is -2.30. The molecule has 0 saturated carbocycles. The molecule has 0 bridgehead atoms. The first kappa shape index (κ1) is 13.9. The van der Waals surface area contributed by atoms with Crippen LogP contribution >= 0.6 is 11.8 Å². The SMILES string of the molecule is CC1(C)CC(Sc2ccc(CO)cc2)C(C)(C)O1. The summed E-state index contributed by atoms with van der Waals surface area (Å²) >= 11 is 1.87. The molecule has 1 N–H and O–H groups in total. The van der Waals surface area contributed by atoms with Crippen LogP contribution in [0.25, 0.3) is 0 Å². The van der Waals surface area contributed by atoms with Gasteiger partial charge in [-0.05, 0) is 51.8 Å². The molecule has 0 aliphatic carbocycles. The molecule has 1 heterocycles. The van der Waals surface area contributed by atoms with Crippen LogP contribution in [-0.2, 0) is 11.3 Å². The van der Waals surface area contributed by atoms with Crippen molar-refractivity contribution in [1.82, 2.24) is 0 Å². The number of hydrogen-bond donors (Lipinski definition) is 1. The third-order valence-corrected chi connectivity index (χ3v) is 4.94. The molecule has 1 saturated heterocycles. The van der Waals surface area contributed by atoms with Crippen LogP contribution in [0.2, 0.25) is 0 Å². The van der Waals surface area contributed by atoms with Gasteiger partial charge in [0.2, 0.25) is 0 Å². The maximum absolute atomic E-state index is 9.04. The van der Waals surface area contributed by atoms with E-state index in [4.69, 9.17) is 9.84 Å². The van der Waals surface area contributed by atoms with E-state index in [0.29, 0.717) is 5.25 Å². The van der Waals surface area contributed by atoms with Gasteiger partial charge in [0, 0.05) is 10.1 Å². The number of hydrogen-bond acceptors (Lipinski definition) is 3. The fourth-order valence-corrected chi connectivity index (χ4v) is 3.97. The quantitative estimate of drug-likeness (QED) is 0.906. The molecule has 3 heteroatoms. The minimum absolute atomic E-state index is 0.0355. The first-order valence-electron chi connectivity index (χ1n) is 6.39.